The number of hydrogen-bond acceptors (Lipinski definition) is 0. The summed E-state index contributed by atoms with van der Waals surface area (Å²) in [6, 6.07) is 23.6. The third kappa shape index (κ3) is 5.97. The van der Waals surface area contributed by atoms with Crippen LogP contribution in [-0.2, 0) is 23.3 Å². The Kier molecular flexibility index (Phi) is 8.86. The molecule has 0 aliphatic heterocycles. The fourth-order valence-electron chi connectivity index (χ4n) is 4.06. The maximum atomic E-state index is 3.47. The molecule has 0 fully saturated rings. The fraction of sp³-hybridized carbons (Fsp3) is 0.267. The molecule has 0 saturated heterocycles. The maximum Gasteiger partial charge on any atom is -0.0290 e. The van der Waals surface area contributed by atoms with E-state index in [0.717, 1.165) is 0 Å². The van der Waals surface area contributed by atoms with E-state index >= 15 is 0 Å². The Balaban J connectivity index is 0.000000186. The predicted octanol–water partition coefficient (Wildman–Crippen LogP) is 8.20. The molecule has 0 radical (unpaired) electrons. The normalized spacial score (nSPS) is 18.4. The first-order valence-electron chi connectivity index (χ1n) is 11.3. The summed E-state index contributed by atoms with van der Waals surface area (Å²) in [6.45, 7) is 13.3. The van der Waals surface area contributed by atoms with Crippen LogP contribution < -0.4 is 0 Å². The van der Waals surface area contributed by atoms with Crippen LogP contribution in [0.5, 0.6) is 0 Å². The van der Waals surface area contributed by atoms with Crippen molar-refractivity contribution in [2.24, 2.45) is 5.92 Å². The van der Waals surface area contributed by atoms with E-state index in [4.69, 9.17) is 0 Å². The Labute approximate surface area is 209 Å². The molecule has 2 atom stereocenters. The Morgan fingerprint density at radius 1 is 0.844 bits per heavy atom. The van der Waals surface area contributed by atoms with Gasteiger partial charge in [-0.25, -0.2) is 5.57 Å². The molecule has 0 nitrogen and oxygen atoms in total. The van der Waals surface area contributed by atoms with Gasteiger partial charge in [-0.05, 0) is 11.5 Å². The van der Waals surface area contributed by atoms with E-state index in [9.17, 15) is 0 Å². The monoisotopic (exact) mass is 510 g/mol. The second kappa shape index (κ2) is 11.4. The van der Waals surface area contributed by atoms with Crippen molar-refractivity contribution in [3.63, 3.8) is 0 Å². The molecule has 2 aliphatic rings. The summed E-state index contributed by atoms with van der Waals surface area (Å²) >= 11 is 1.74. The van der Waals surface area contributed by atoms with Crippen molar-refractivity contribution in [3.8, 4) is 0 Å². The van der Waals surface area contributed by atoms with Crippen LogP contribution in [-0.4, -0.2) is 5.43 Å². The molecule has 5 rings (SSSR count). The van der Waals surface area contributed by atoms with Gasteiger partial charge in [-0.15, -0.1) is 36.1 Å². The summed E-state index contributed by atoms with van der Waals surface area (Å²) < 4.78 is 0. The third-order valence-corrected chi connectivity index (χ3v) is 6.09. The molecule has 3 aromatic carbocycles. The summed E-state index contributed by atoms with van der Waals surface area (Å²) in [7, 11) is 0. The van der Waals surface area contributed by atoms with Crippen molar-refractivity contribution < 1.29 is 23.3 Å². The molecule has 0 aromatic heterocycles. The molecule has 0 saturated carbocycles. The van der Waals surface area contributed by atoms with Gasteiger partial charge in [0.2, 0.25) is 0 Å². The average molecular weight is 512 g/mol. The predicted molar refractivity (Wildman–Crippen MR) is 137 cm³/mol. The second-order valence-electron chi connectivity index (χ2n) is 8.75. The Bertz CT molecular complexity index is 1190. The standard InChI is InChI=1S/C19H13.C9H13.C2H6Si.Zr/c1-2-6-14(7-3-1)17-12-13-19-16-9-5-4-8-15(16)10-11-18(17)19;1-6-5-7(2)9(4)8(6)3;1-3-2;/h1-12,17H;6H,1-4H3;1-2H3;/q2*-1;;+2. The third-order valence-electron chi connectivity index (χ3n) is 6.09. The zero-order chi connectivity index (χ0) is 23.3. The molecule has 2 heteroatoms. The topological polar surface area (TPSA) is 0 Å². The SMILES string of the molecule is CC1=[C-]C(C)C(C)=C1C.C[Si](C)=[Zr+2].[C-]1=CC(c2ccccc2)c2ccc3ccccc3c21. The van der Waals surface area contributed by atoms with Crippen LogP contribution >= 0.6 is 0 Å². The number of fused-ring (bicyclic) bond motifs is 3. The van der Waals surface area contributed by atoms with Crippen LogP contribution in [0, 0.1) is 18.1 Å². The largest absolute Gasteiger partial charge is 0.181 e. The van der Waals surface area contributed by atoms with Gasteiger partial charge in [0.25, 0.3) is 0 Å². The Morgan fingerprint density at radius 2 is 1.47 bits per heavy atom. The van der Waals surface area contributed by atoms with Gasteiger partial charge < -0.3 is 0 Å². The minimum absolute atomic E-state index is 0.210. The van der Waals surface area contributed by atoms with Gasteiger partial charge in [-0.3, -0.25) is 6.08 Å². The number of hydrogen-bond donors (Lipinski definition) is 0. The van der Waals surface area contributed by atoms with Gasteiger partial charge in [-0.2, -0.15) is 22.8 Å². The van der Waals surface area contributed by atoms with E-state index in [1.54, 1.807) is 23.3 Å². The van der Waals surface area contributed by atoms with Gasteiger partial charge in [0.05, 0.1) is 0 Å². The van der Waals surface area contributed by atoms with Crippen molar-refractivity contribution in [1.82, 2.24) is 0 Å². The van der Waals surface area contributed by atoms with Crippen LogP contribution in [0.4, 0.5) is 0 Å². The van der Waals surface area contributed by atoms with Gasteiger partial charge in [0.1, 0.15) is 0 Å². The maximum absolute atomic E-state index is 3.47. The smallest absolute Gasteiger partial charge is 0.0290 e. The Morgan fingerprint density at radius 3 is 2.03 bits per heavy atom. The van der Waals surface area contributed by atoms with Crippen LogP contribution in [0.1, 0.15) is 50.3 Å². The molecule has 32 heavy (non-hydrogen) atoms. The fourth-order valence-corrected chi connectivity index (χ4v) is 4.06. The minimum atomic E-state index is 0.210. The summed E-state index contributed by atoms with van der Waals surface area (Å²) in [5, 5.41) is 2.59. The quantitative estimate of drug-likeness (QED) is 0.228. The van der Waals surface area contributed by atoms with Crippen molar-refractivity contribution in [1.29, 1.82) is 0 Å². The molecule has 2 aliphatic carbocycles. The molecule has 0 bridgehead atoms. The van der Waals surface area contributed by atoms with E-state index in [2.05, 4.69) is 126 Å². The van der Waals surface area contributed by atoms with E-state index in [1.165, 1.54) is 44.2 Å². The second-order valence-corrected chi connectivity index (χ2v) is 18.1. The van der Waals surface area contributed by atoms with Crippen molar-refractivity contribution in [3.05, 3.63) is 118 Å². The number of rotatable bonds is 1. The van der Waals surface area contributed by atoms with E-state index in [1.807, 2.05) is 0 Å². The summed E-state index contributed by atoms with van der Waals surface area (Å²) in [4.78, 5) is 0. The zero-order valence-corrected chi connectivity index (χ0v) is 23.5. The van der Waals surface area contributed by atoms with Gasteiger partial charge in [0.15, 0.2) is 0 Å². The molecular weight excluding hydrogens is 480 g/mol. The summed E-state index contributed by atoms with van der Waals surface area (Å²) in [5.74, 6) is 0.908. The average Bonchev–Trinajstić information content (AvgIpc) is 3.31. The van der Waals surface area contributed by atoms with E-state index in [-0.39, 0.29) is 5.43 Å². The summed E-state index contributed by atoms with van der Waals surface area (Å²) in [5.41, 5.74) is 8.41. The molecule has 0 heterocycles. The van der Waals surface area contributed by atoms with Crippen molar-refractivity contribution in [2.45, 2.75) is 46.7 Å². The van der Waals surface area contributed by atoms with Gasteiger partial charge in [-0.1, -0.05) is 86.7 Å². The van der Waals surface area contributed by atoms with Crippen molar-refractivity contribution in [2.75, 3.05) is 0 Å². The first-order valence-corrected chi connectivity index (χ1v) is 17.4. The van der Waals surface area contributed by atoms with E-state index < -0.39 is 0 Å². The number of allylic oxidation sites excluding steroid dienone is 5. The molecule has 2 unspecified atom stereocenters. The molecular formula is C30H32SiZr. The first-order chi connectivity index (χ1) is 15.3. The molecule has 0 spiro atoms. The van der Waals surface area contributed by atoms with Crippen LogP contribution in [0.25, 0.3) is 10.8 Å². The first kappa shape index (κ1) is 24.9. The van der Waals surface area contributed by atoms with Crippen LogP contribution in [0.3, 0.4) is 0 Å². The molecule has 3 aromatic rings. The molecule has 0 amide bonds. The van der Waals surface area contributed by atoms with E-state index in [0.29, 0.717) is 11.8 Å². The Hall–Kier alpha value is -1.76. The van der Waals surface area contributed by atoms with Crippen molar-refractivity contribution >= 4 is 16.2 Å². The summed E-state index contributed by atoms with van der Waals surface area (Å²) in [6.07, 6.45) is 9.01. The van der Waals surface area contributed by atoms with Gasteiger partial charge in [0, 0.05) is 0 Å². The zero-order valence-electron chi connectivity index (χ0n) is 20.1. The molecule has 160 valence electrons. The minimum Gasteiger partial charge on any atom is -0.181 e. The van der Waals surface area contributed by atoms with Crippen LogP contribution in [0.15, 0.2) is 89.5 Å². The van der Waals surface area contributed by atoms with Crippen LogP contribution in [0.2, 0.25) is 13.1 Å². The molecule has 0 N–H and O–H groups in total. The number of benzene rings is 3. The van der Waals surface area contributed by atoms with Gasteiger partial charge >= 0.3 is 41.9 Å².